The minimum Gasteiger partial charge on any atom is -0.425 e. The zero-order chi connectivity index (χ0) is 16.4. The van der Waals surface area contributed by atoms with Crippen molar-refractivity contribution in [2.24, 2.45) is 0 Å². The largest absolute Gasteiger partial charge is 0.425 e. The molecule has 24 heavy (non-hydrogen) atoms. The number of ether oxygens (including phenoxy) is 1. The summed E-state index contributed by atoms with van der Waals surface area (Å²) in [5.41, 5.74) is 2.11. The molecule has 1 unspecified atom stereocenters. The minimum atomic E-state index is -0.468. The fourth-order valence-electron chi connectivity index (χ4n) is 3.05. The van der Waals surface area contributed by atoms with E-state index < -0.39 is 6.04 Å². The molecule has 1 saturated heterocycles. The van der Waals surface area contributed by atoms with Gasteiger partial charge in [0.05, 0.1) is 0 Å². The Morgan fingerprint density at radius 3 is 2.79 bits per heavy atom. The van der Waals surface area contributed by atoms with Crippen LogP contribution in [0.4, 0.5) is 11.6 Å². The Balaban J connectivity index is 1.51. The van der Waals surface area contributed by atoms with Gasteiger partial charge in [-0.15, -0.1) is 0 Å². The zero-order valence-corrected chi connectivity index (χ0v) is 13.2. The van der Waals surface area contributed by atoms with Crippen molar-refractivity contribution in [3.8, 4) is 5.75 Å². The van der Waals surface area contributed by atoms with Crippen molar-refractivity contribution in [2.45, 2.75) is 12.5 Å². The van der Waals surface area contributed by atoms with Crippen molar-refractivity contribution in [2.75, 3.05) is 36.4 Å². The van der Waals surface area contributed by atoms with E-state index in [1.165, 1.54) is 0 Å². The smallest absolute Gasteiger partial charge is 0.334 e. The van der Waals surface area contributed by atoms with Crippen LogP contribution in [0.2, 0.25) is 0 Å². The molecule has 1 aromatic carbocycles. The van der Waals surface area contributed by atoms with Crippen LogP contribution in [-0.2, 0) is 11.2 Å². The lowest BCUT2D eigenvalue weighted by atomic mass is 10.0. The van der Waals surface area contributed by atoms with Gasteiger partial charge in [0.1, 0.15) is 11.8 Å². The summed E-state index contributed by atoms with van der Waals surface area (Å²) in [4.78, 5) is 22.8. The molecule has 7 nitrogen and oxygen atoms in total. The van der Waals surface area contributed by atoms with Crippen LogP contribution in [0.5, 0.6) is 5.75 Å². The zero-order valence-electron chi connectivity index (χ0n) is 13.2. The monoisotopic (exact) mass is 325 g/mol. The summed E-state index contributed by atoms with van der Waals surface area (Å²) in [5, 5.41) is 6.37. The predicted molar refractivity (Wildman–Crippen MR) is 90.3 cm³/mol. The number of hydrogen-bond acceptors (Lipinski definition) is 7. The lowest BCUT2D eigenvalue weighted by molar-refractivity contribution is -0.136. The third-order valence-corrected chi connectivity index (χ3v) is 4.32. The summed E-state index contributed by atoms with van der Waals surface area (Å²) in [7, 11) is 0. The van der Waals surface area contributed by atoms with Crippen molar-refractivity contribution in [1.82, 2.24) is 15.3 Å². The van der Waals surface area contributed by atoms with E-state index in [4.69, 9.17) is 4.74 Å². The van der Waals surface area contributed by atoms with Crippen LogP contribution in [0.1, 0.15) is 5.56 Å². The molecule has 1 atom stereocenters. The van der Waals surface area contributed by atoms with E-state index in [0.29, 0.717) is 18.1 Å². The summed E-state index contributed by atoms with van der Waals surface area (Å²) in [6.07, 6.45) is 3.84. The first-order chi connectivity index (χ1) is 11.8. The minimum absolute atomic E-state index is 0.299. The van der Waals surface area contributed by atoms with Crippen LogP contribution in [0.3, 0.4) is 0 Å². The molecule has 0 amide bonds. The number of aromatic nitrogens is 2. The van der Waals surface area contributed by atoms with Crippen molar-refractivity contribution in [3.63, 3.8) is 0 Å². The number of benzene rings is 1. The first kappa shape index (κ1) is 14.9. The van der Waals surface area contributed by atoms with E-state index in [2.05, 4.69) is 31.6 Å². The maximum atomic E-state index is 12.3. The molecule has 4 rings (SSSR count). The highest BCUT2D eigenvalue weighted by molar-refractivity contribution is 5.84. The average molecular weight is 325 g/mol. The van der Waals surface area contributed by atoms with Gasteiger partial charge < -0.3 is 20.3 Å². The molecule has 124 valence electrons. The van der Waals surface area contributed by atoms with Crippen LogP contribution < -0.4 is 20.3 Å². The Morgan fingerprint density at radius 1 is 1.21 bits per heavy atom. The Morgan fingerprint density at radius 2 is 2.00 bits per heavy atom. The van der Waals surface area contributed by atoms with Gasteiger partial charge in [0.25, 0.3) is 0 Å². The molecule has 3 heterocycles. The maximum Gasteiger partial charge on any atom is 0.334 e. The number of nitrogens with zero attached hydrogens (tertiary/aromatic N) is 3. The standard InChI is InChI=1S/C17H19N5O2/c23-16-14(21-17-19-4-1-5-20-17)10-12-2-3-13(11-15(12)24-16)22-8-6-18-7-9-22/h1-5,11,14,18H,6-10H2,(H,19,20,21). The van der Waals surface area contributed by atoms with Crippen molar-refractivity contribution in [3.05, 3.63) is 42.2 Å². The molecule has 0 saturated carbocycles. The molecule has 2 aromatic rings. The second kappa shape index (κ2) is 6.45. The molecule has 1 fully saturated rings. The first-order valence-electron chi connectivity index (χ1n) is 8.13. The van der Waals surface area contributed by atoms with E-state index >= 15 is 0 Å². The molecule has 2 aliphatic heterocycles. The third-order valence-electron chi connectivity index (χ3n) is 4.32. The van der Waals surface area contributed by atoms with Gasteiger partial charge in [0.2, 0.25) is 5.95 Å². The molecular formula is C17H19N5O2. The highest BCUT2D eigenvalue weighted by atomic mass is 16.5. The van der Waals surface area contributed by atoms with Gasteiger partial charge in [-0.05, 0) is 17.7 Å². The number of piperazine rings is 1. The second-order valence-electron chi connectivity index (χ2n) is 5.92. The highest BCUT2D eigenvalue weighted by Crippen LogP contribution is 2.31. The SMILES string of the molecule is O=C1Oc2cc(N3CCNCC3)ccc2CC1Nc1ncccn1. The van der Waals surface area contributed by atoms with Crippen molar-refractivity contribution < 1.29 is 9.53 Å². The number of fused-ring (bicyclic) bond motifs is 1. The van der Waals surface area contributed by atoms with Crippen molar-refractivity contribution >= 4 is 17.6 Å². The van der Waals surface area contributed by atoms with Crippen LogP contribution >= 0.6 is 0 Å². The molecule has 0 radical (unpaired) electrons. The van der Waals surface area contributed by atoms with Gasteiger partial charge in [-0.1, -0.05) is 6.07 Å². The number of carbonyl (C=O) groups excluding carboxylic acids is 1. The lowest BCUT2D eigenvalue weighted by Crippen LogP contribution is -2.43. The molecule has 2 N–H and O–H groups in total. The van der Waals surface area contributed by atoms with E-state index in [9.17, 15) is 4.79 Å². The highest BCUT2D eigenvalue weighted by Gasteiger charge is 2.29. The van der Waals surface area contributed by atoms with Gasteiger partial charge in [0.15, 0.2) is 0 Å². The van der Waals surface area contributed by atoms with Crippen LogP contribution in [0, 0.1) is 0 Å². The van der Waals surface area contributed by atoms with E-state index in [1.54, 1.807) is 18.5 Å². The topological polar surface area (TPSA) is 79.4 Å². The molecule has 7 heteroatoms. The summed E-state index contributed by atoms with van der Waals surface area (Å²) in [5.74, 6) is 0.788. The van der Waals surface area contributed by atoms with Crippen molar-refractivity contribution in [1.29, 1.82) is 0 Å². The van der Waals surface area contributed by atoms with Crippen LogP contribution in [0.25, 0.3) is 0 Å². The summed E-state index contributed by atoms with van der Waals surface area (Å²) in [6, 6.07) is 7.37. The summed E-state index contributed by atoms with van der Waals surface area (Å²) >= 11 is 0. The molecule has 0 spiro atoms. The number of esters is 1. The van der Waals surface area contributed by atoms with Gasteiger partial charge in [0, 0.05) is 56.7 Å². The van der Waals surface area contributed by atoms with Gasteiger partial charge in [-0.3, -0.25) is 0 Å². The van der Waals surface area contributed by atoms with Gasteiger partial charge in [-0.25, -0.2) is 14.8 Å². The number of carbonyl (C=O) groups is 1. The van der Waals surface area contributed by atoms with Gasteiger partial charge in [-0.2, -0.15) is 0 Å². The summed E-state index contributed by atoms with van der Waals surface area (Å²) < 4.78 is 5.55. The molecule has 1 aromatic heterocycles. The van der Waals surface area contributed by atoms with Gasteiger partial charge >= 0.3 is 5.97 Å². The normalized spacial score (nSPS) is 20.2. The molecule has 0 aliphatic carbocycles. The maximum absolute atomic E-state index is 12.3. The van der Waals surface area contributed by atoms with E-state index in [1.807, 2.05) is 12.1 Å². The fourth-order valence-corrected chi connectivity index (χ4v) is 3.05. The Bertz CT molecular complexity index is 731. The van der Waals surface area contributed by atoms with Crippen LogP contribution in [0.15, 0.2) is 36.7 Å². The molecule has 2 aliphatic rings. The Kier molecular flexibility index (Phi) is 4.00. The fraction of sp³-hybridized carbons (Fsp3) is 0.353. The van der Waals surface area contributed by atoms with E-state index in [-0.39, 0.29) is 5.97 Å². The van der Waals surface area contributed by atoms with E-state index in [0.717, 1.165) is 37.4 Å². The quantitative estimate of drug-likeness (QED) is 0.639. The molecular weight excluding hydrogens is 306 g/mol. The number of hydrogen-bond donors (Lipinski definition) is 2. The Hall–Kier alpha value is -2.67. The second-order valence-corrected chi connectivity index (χ2v) is 5.92. The number of rotatable bonds is 3. The average Bonchev–Trinajstić information content (AvgIpc) is 2.63. The Labute approximate surface area is 140 Å². The molecule has 0 bridgehead atoms. The predicted octanol–water partition coefficient (Wildman–Crippen LogP) is 0.828. The summed E-state index contributed by atoms with van der Waals surface area (Å²) in [6.45, 7) is 3.87. The van der Waals surface area contributed by atoms with Crippen LogP contribution in [-0.4, -0.2) is 48.2 Å². The lowest BCUT2D eigenvalue weighted by Gasteiger charge is -2.31. The number of nitrogens with one attached hydrogen (secondary N) is 2. The third kappa shape index (κ3) is 3.03. The number of anilines is 2. The first-order valence-corrected chi connectivity index (χ1v) is 8.13.